The second-order valence-electron chi connectivity index (χ2n) is 5.65. The van der Waals surface area contributed by atoms with Gasteiger partial charge in [0.05, 0.1) is 5.56 Å². The van der Waals surface area contributed by atoms with E-state index in [2.05, 4.69) is 23.5 Å². The van der Waals surface area contributed by atoms with E-state index < -0.39 is 0 Å². The minimum atomic E-state index is -0.194. The van der Waals surface area contributed by atoms with Gasteiger partial charge in [0.2, 0.25) is 0 Å². The third-order valence-electron chi connectivity index (χ3n) is 4.16. The number of hydrogen-bond donors (Lipinski definition) is 2. The van der Waals surface area contributed by atoms with Crippen molar-refractivity contribution < 1.29 is 9.90 Å². The SMILES string of the molecule is Cc1cccc(C(=O)NC2CCc3ccccc3C2)c1O. The predicted octanol–water partition coefficient (Wildman–Crippen LogP) is 2.99. The van der Waals surface area contributed by atoms with Gasteiger partial charge in [0, 0.05) is 6.04 Å². The summed E-state index contributed by atoms with van der Waals surface area (Å²) >= 11 is 0. The fraction of sp³-hybridized carbons (Fsp3) is 0.278. The molecule has 3 nitrogen and oxygen atoms in total. The lowest BCUT2D eigenvalue weighted by Gasteiger charge is -2.25. The van der Waals surface area contributed by atoms with Crippen molar-refractivity contribution in [2.75, 3.05) is 0 Å². The van der Waals surface area contributed by atoms with Gasteiger partial charge in [-0.3, -0.25) is 4.79 Å². The monoisotopic (exact) mass is 281 g/mol. The maximum Gasteiger partial charge on any atom is 0.255 e. The molecule has 21 heavy (non-hydrogen) atoms. The first-order valence-corrected chi connectivity index (χ1v) is 7.31. The number of para-hydroxylation sites is 1. The Balaban J connectivity index is 1.73. The molecule has 0 radical (unpaired) electrons. The molecule has 108 valence electrons. The lowest BCUT2D eigenvalue weighted by molar-refractivity contribution is 0.0931. The lowest BCUT2D eigenvalue weighted by Crippen LogP contribution is -2.38. The van der Waals surface area contributed by atoms with Gasteiger partial charge in [-0.25, -0.2) is 0 Å². The summed E-state index contributed by atoms with van der Waals surface area (Å²) in [6.45, 7) is 1.79. The van der Waals surface area contributed by atoms with Crippen molar-refractivity contribution in [3.05, 3.63) is 64.7 Å². The number of fused-ring (bicyclic) bond motifs is 1. The van der Waals surface area contributed by atoms with E-state index in [1.807, 2.05) is 6.07 Å². The number of aryl methyl sites for hydroxylation is 2. The molecular weight excluding hydrogens is 262 g/mol. The number of rotatable bonds is 2. The Labute approximate surface area is 124 Å². The van der Waals surface area contributed by atoms with Crippen LogP contribution in [0.15, 0.2) is 42.5 Å². The zero-order chi connectivity index (χ0) is 14.8. The number of hydrogen-bond acceptors (Lipinski definition) is 2. The summed E-state index contributed by atoms with van der Waals surface area (Å²) in [6.07, 6.45) is 2.78. The molecule has 2 N–H and O–H groups in total. The van der Waals surface area contributed by atoms with Crippen LogP contribution in [0, 0.1) is 6.92 Å². The van der Waals surface area contributed by atoms with Gasteiger partial charge in [-0.05, 0) is 48.9 Å². The van der Waals surface area contributed by atoms with Crippen LogP contribution in [0.5, 0.6) is 5.75 Å². The predicted molar refractivity (Wildman–Crippen MR) is 82.6 cm³/mol. The molecule has 1 aliphatic carbocycles. The van der Waals surface area contributed by atoms with Gasteiger partial charge in [-0.2, -0.15) is 0 Å². The minimum Gasteiger partial charge on any atom is -0.507 e. The second kappa shape index (κ2) is 5.60. The van der Waals surface area contributed by atoms with E-state index >= 15 is 0 Å². The van der Waals surface area contributed by atoms with Crippen molar-refractivity contribution in [3.63, 3.8) is 0 Å². The number of carbonyl (C=O) groups is 1. The molecule has 3 rings (SSSR count). The van der Waals surface area contributed by atoms with Crippen LogP contribution in [-0.4, -0.2) is 17.1 Å². The quantitative estimate of drug-likeness (QED) is 0.889. The molecule has 0 fully saturated rings. The fourth-order valence-electron chi connectivity index (χ4n) is 2.93. The number of nitrogens with one attached hydrogen (secondary N) is 1. The maximum atomic E-state index is 12.3. The number of phenols is 1. The number of carbonyl (C=O) groups excluding carboxylic acids is 1. The fourth-order valence-corrected chi connectivity index (χ4v) is 2.93. The maximum absolute atomic E-state index is 12.3. The Morgan fingerprint density at radius 3 is 2.71 bits per heavy atom. The van der Waals surface area contributed by atoms with E-state index in [1.54, 1.807) is 25.1 Å². The summed E-state index contributed by atoms with van der Waals surface area (Å²) in [4.78, 5) is 12.3. The van der Waals surface area contributed by atoms with E-state index in [0.29, 0.717) is 5.56 Å². The van der Waals surface area contributed by atoms with Crippen LogP contribution < -0.4 is 5.32 Å². The molecule has 1 atom stereocenters. The van der Waals surface area contributed by atoms with Crippen molar-refractivity contribution in [2.45, 2.75) is 32.2 Å². The Kier molecular flexibility index (Phi) is 3.65. The molecule has 1 amide bonds. The van der Waals surface area contributed by atoms with Crippen molar-refractivity contribution in [2.24, 2.45) is 0 Å². The zero-order valence-corrected chi connectivity index (χ0v) is 12.1. The summed E-state index contributed by atoms with van der Waals surface area (Å²) in [5.41, 5.74) is 3.76. The van der Waals surface area contributed by atoms with Crippen molar-refractivity contribution in [1.82, 2.24) is 5.32 Å². The zero-order valence-electron chi connectivity index (χ0n) is 12.1. The molecule has 3 heteroatoms. The molecule has 1 unspecified atom stereocenters. The van der Waals surface area contributed by atoms with Gasteiger partial charge in [0.25, 0.3) is 5.91 Å². The van der Waals surface area contributed by atoms with Crippen LogP contribution in [0.1, 0.15) is 33.5 Å². The van der Waals surface area contributed by atoms with E-state index in [1.165, 1.54) is 11.1 Å². The Morgan fingerprint density at radius 2 is 1.90 bits per heavy atom. The van der Waals surface area contributed by atoms with Gasteiger partial charge < -0.3 is 10.4 Å². The summed E-state index contributed by atoms with van der Waals surface area (Å²) in [7, 11) is 0. The summed E-state index contributed by atoms with van der Waals surface area (Å²) in [5.74, 6) is -0.119. The van der Waals surface area contributed by atoms with Crippen LogP contribution in [0.2, 0.25) is 0 Å². The van der Waals surface area contributed by atoms with Crippen LogP contribution in [0.3, 0.4) is 0 Å². The molecule has 0 saturated carbocycles. The molecular formula is C18H19NO2. The van der Waals surface area contributed by atoms with Crippen molar-refractivity contribution in [1.29, 1.82) is 0 Å². The number of aromatic hydroxyl groups is 1. The first-order valence-electron chi connectivity index (χ1n) is 7.31. The van der Waals surface area contributed by atoms with E-state index in [-0.39, 0.29) is 17.7 Å². The van der Waals surface area contributed by atoms with Crippen LogP contribution in [0.4, 0.5) is 0 Å². The number of benzene rings is 2. The molecule has 2 aromatic rings. The highest BCUT2D eigenvalue weighted by atomic mass is 16.3. The van der Waals surface area contributed by atoms with E-state index in [0.717, 1.165) is 24.8 Å². The Hall–Kier alpha value is -2.29. The summed E-state index contributed by atoms with van der Waals surface area (Å²) < 4.78 is 0. The first-order chi connectivity index (χ1) is 10.1. The lowest BCUT2D eigenvalue weighted by atomic mass is 9.88. The van der Waals surface area contributed by atoms with Crippen LogP contribution in [0.25, 0.3) is 0 Å². The normalized spacial score (nSPS) is 17.1. The highest BCUT2D eigenvalue weighted by Gasteiger charge is 2.21. The molecule has 0 bridgehead atoms. The molecule has 0 aromatic heterocycles. The summed E-state index contributed by atoms with van der Waals surface area (Å²) in [5, 5.41) is 13.0. The first kappa shape index (κ1) is 13.7. The third kappa shape index (κ3) is 2.77. The van der Waals surface area contributed by atoms with Crippen LogP contribution >= 0.6 is 0 Å². The van der Waals surface area contributed by atoms with Crippen LogP contribution in [-0.2, 0) is 12.8 Å². The highest BCUT2D eigenvalue weighted by Crippen LogP contribution is 2.24. The number of phenolic OH excluding ortho intramolecular Hbond substituents is 1. The molecule has 0 spiro atoms. The standard InChI is InChI=1S/C18H19NO2/c1-12-5-4-8-16(17(12)20)18(21)19-15-10-9-13-6-2-3-7-14(13)11-15/h2-8,15,20H,9-11H2,1H3,(H,19,21). The Bertz CT molecular complexity index is 679. The molecule has 0 saturated heterocycles. The highest BCUT2D eigenvalue weighted by molar-refractivity contribution is 5.97. The van der Waals surface area contributed by atoms with E-state index in [9.17, 15) is 9.90 Å². The molecule has 2 aromatic carbocycles. The number of amides is 1. The van der Waals surface area contributed by atoms with Crippen molar-refractivity contribution in [3.8, 4) is 5.75 Å². The molecule has 0 aliphatic heterocycles. The van der Waals surface area contributed by atoms with Gasteiger partial charge in [0.15, 0.2) is 0 Å². The third-order valence-corrected chi connectivity index (χ3v) is 4.16. The molecule has 1 aliphatic rings. The van der Waals surface area contributed by atoms with Gasteiger partial charge in [0.1, 0.15) is 5.75 Å². The van der Waals surface area contributed by atoms with Gasteiger partial charge >= 0.3 is 0 Å². The van der Waals surface area contributed by atoms with E-state index in [4.69, 9.17) is 0 Å². The van der Waals surface area contributed by atoms with Gasteiger partial charge in [-0.1, -0.05) is 36.4 Å². The Morgan fingerprint density at radius 1 is 1.14 bits per heavy atom. The second-order valence-corrected chi connectivity index (χ2v) is 5.65. The van der Waals surface area contributed by atoms with Crippen molar-refractivity contribution >= 4 is 5.91 Å². The topological polar surface area (TPSA) is 49.3 Å². The minimum absolute atomic E-state index is 0.0752. The summed E-state index contributed by atoms with van der Waals surface area (Å²) in [6, 6.07) is 13.7. The molecule has 0 heterocycles. The average Bonchev–Trinajstić information content (AvgIpc) is 2.50. The smallest absolute Gasteiger partial charge is 0.255 e. The average molecular weight is 281 g/mol. The largest absolute Gasteiger partial charge is 0.507 e. The van der Waals surface area contributed by atoms with Gasteiger partial charge in [-0.15, -0.1) is 0 Å².